The van der Waals surface area contributed by atoms with Gasteiger partial charge in [0.15, 0.2) is 11.0 Å². The maximum absolute atomic E-state index is 14.4. The zero-order valence-electron chi connectivity index (χ0n) is 14.7. The molecule has 2 heterocycles. The van der Waals surface area contributed by atoms with Crippen molar-refractivity contribution in [2.75, 3.05) is 0 Å². The lowest BCUT2D eigenvalue weighted by Gasteiger charge is -2.13. The van der Waals surface area contributed by atoms with E-state index in [2.05, 4.69) is 15.2 Å². The summed E-state index contributed by atoms with van der Waals surface area (Å²) in [6.07, 6.45) is 1.77. The Morgan fingerprint density at radius 2 is 1.70 bits per heavy atom. The molecule has 0 aliphatic carbocycles. The molecule has 27 heavy (non-hydrogen) atoms. The molecule has 4 aromatic rings. The summed E-state index contributed by atoms with van der Waals surface area (Å²) in [6, 6.07) is 20.4. The quantitative estimate of drug-likeness (QED) is 0.456. The minimum Gasteiger partial charge on any atom is -0.270 e. The van der Waals surface area contributed by atoms with E-state index in [4.69, 9.17) is 0 Å². The molecule has 4 nitrogen and oxygen atoms in total. The van der Waals surface area contributed by atoms with Crippen LogP contribution in [0.25, 0.3) is 17.1 Å². The van der Waals surface area contributed by atoms with Crippen molar-refractivity contribution < 1.29 is 4.39 Å². The van der Waals surface area contributed by atoms with Gasteiger partial charge in [0.05, 0.1) is 16.9 Å². The maximum atomic E-state index is 14.4. The smallest absolute Gasteiger partial charge is 0.196 e. The highest BCUT2D eigenvalue weighted by molar-refractivity contribution is 7.98. The van der Waals surface area contributed by atoms with Crippen molar-refractivity contribution in [3.8, 4) is 17.1 Å². The van der Waals surface area contributed by atoms with E-state index in [0.29, 0.717) is 22.3 Å². The van der Waals surface area contributed by atoms with Crippen LogP contribution in [0.4, 0.5) is 4.39 Å². The van der Waals surface area contributed by atoms with Gasteiger partial charge in [0.25, 0.3) is 0 Å². The molecular formula is C21H17FN4S. The summed E-state index contributed by atoms with van der Waals surface area (Å²) in [6.45, 7) is 2.02. The topological polar surface area (TPSA) is 43.6 Å². The second-order valence-electron chi connectivity index (χ2n) is 6.02. The Bertz CT molecular complexity index is 1060. The monoisotopic (exact) mass is 376 g/mol. The summed E-state index contributed by atoms with van der Waals surface area (Å²) in [4.78, 5) is 4.35. The fourth-order valence-corrected chi connectivity index (χ4v) is 3.69. The highest BCUT2D eigenvalue weighted by Crippen LogP contribution is 2.31. The molecule has 0 N–H and O–H groups in total. The number of nitrogens with zero attached hydrogens (tertiary/aromatic N) is 4. The van der Waals surface area contributed by atoms with E-state index < -0.39 is 0 Å². The molecule has 0 spiro atoms. The number of aromatic nitrogens is 4. The fraction of sp³-hybridized carbons (Fsp3) is 0.0952. The molecule has 6 heteroatoms. The van der Waals surface area contributed by atoms with Crippen LogP contribution in [-0.4, -0.2) is 19.7 Å². The Hall–Kier alpha value is -2.99. The summed E-state index contributed by atoms with van der Waals surface area (Å²) in [7, 11) is 0. The predicted octanol–water partition coefficient (Wildman–Crippen LogP) is 5.07. The van der Waals surface area contributed by atoms with E-state index in [1.54, 1.807) is 24.4 Å². The second-order valence-corrected chi connectivity index (χ2v) is 6.96. The van der Waals surface area contributed by atoms with Crippen molar-refractivity contribution in [2.45, 2.75) is 17.8 Å². The molecule has 2 aromatic heterocycles. The number of halogens is 1. The minimum absolute atomic E-state index is 0.319. The lowest BCUT2D eigenvalue weighted by Crippen LogP contribution is -2.03. The Kier molecular flexibility index (Phi) is 4.98. The zero-order chi connectivity index (χ0) is 18.6. The van der Waals surface area contributed by atoms with Gasteiger partial charge in [-0.2, -0.15) is 0 Å². The van der Waals surface area contributed by atoms with E-state index in [1.807, 2.05) is 54.0 Å². The van der Waals surface area contributed by atoms with Gasteiger partial charge in [0.1, 0.15) is 5.82 Å². The van der Waals surface area contributed by atoms with E-state index in [1.165, 1.54) is 17.8 Å². The number of aryl methyl sites for hydroxylation is 1. The molecule has 0 amide bonds. The average molecular weight is 376 g/mol. The van der Waals surface area contributed by atoms with Crippen LogP contribution >= 0.6 is 11.8 Å². The molecule has 0 aliphatic heterocycles. The summed E-state index contributed by atoms with van der Waals surface area (Å²) in [5, 5.41) is 9.36. The number of para-hydroxylation sites is 1. The normalized spacial score (nSPS) is 10.9. The van der Waals surface area contributed by atoms with E-state index in [-0.39, 0.29) is 5.82 Å². The van der Waals surface area contributed by atoms with E-state index >= 15 is 0 Å². The summed E-state index contributed by atoms with van der Waals surface area (Å²) in [5.74, 6) is 0.828. The molecule has 0 radical (unpaired) electrons. The third-order valence-corrected chi connectivity index (χ3v) is 5.14. The number of pyridine rings is 1. The van der Waals surface area contributed by atoms with Crippen molar-refractivity contribution in [1.29, 1.82) is 0 Å². The highest BCUT2D eigenvalue weighted by Gasteiger charge is 2.19. The van der Waals surface area contributed by atoms with Gasteiger partial charge in [0.2, 0.25) is 0 Å². The summed E-state index contributed by atoms with van der Waals surface area (Å²) in [5.41, 5.74) is 3.38. The molecule has 134 valence electrons. The second kappa shape index (κ2) is 7.72. The van der Waals surface area contributed by atoms with Crippen LogP contribution in [0.3, 0.4) is 0 Å². The molecule has 2 aromatic carbocycles. The fourth-order valence-electron chi connectivity index (χ4n) is 2.83. The molecule has 0 unspecified atom stereocenters. The number of rotatable bonds is 5. The number of hydrogen-bond acceptors (Lipinski definition) is 4. The summed E-state index contributed by atoms with van der Waals surface area (Å²) < 4.78 is 16.4. The van der Waals surface area contributed by atoms with Crippen LogP contribution in [0, 0.1) is 12.7 Å². The molecule has 0 fully saturated rings. The SMILES string of the molecule is Cc1ccccc1-n1c(SCc2ccccn2)nnc1-c1ccccc1F. The highest BCUT2D eigenvalue weighted by atomic mass is 32.2. The van der Waals surface area contributed by atoms with Crippen LogP contribution in [-0.2, 0) is 5.75 Å². The molecule has 4 rings (SSSR count). The first kappa shape index (κ1) is 17.4. The molecule has 0 atom stereocenters. The first-order valence-corrected chi connectivity index (χ1v) is 9.51. The van der Waals surface area contributed by atoms with Gasteiger partial charge in [-0.1, -0.05) is 48.2 Å². The van der Waals surface area contributed by atoms with E-state index in [9.17, 15) is 4.39 Å². The van der Waals surface area contributed by atoms with Crippen LogP contribution in [0.2, 0.25) is 0 Å². The van der Waals surface area contributed by atoms with Gasteiger partial charge in [-0.15, -0.1) is 10.2 Å². The van der Waals surface area contributed by atoms with Gasteiger partial charge in [-0.3, -0.25) is 9.55 Å². The molecule has 0 saturated heterocycles. The van der Waals surface area contributed by atoms with Gasteiger partial charge in [-0.05, 0) is 42.8 Å². The summed E-state index contributed by atoms with van der Waals surface area (Å²) >= 11 is 1.53. The lowest BCUT2D eigenvalue weighted by molar-refractivity contribution is 0.629. The van der Waals surface area contributed by atoms with Crippen LogP contribution in [0.1, 0.15) is 11.3 Å². The minimum atomic E-state index is -0.319. The Morgan fingerprint density at radius 3 is 2.48 bits per heavy atom. The van der Waals surface area contributed by atoms with Crippen molar-refractivity contribution >= 4 is 11.8 Å². The first-order valence-electron chi connectivity index (χ1n) is 8.53. The Morgan fingerprint density at radius 1 is 0.926 bits per heavy atom. The molecule has 0 saturated carbocycles. The van der Waals surface area contributed by atoms with Crippen molar-refractivity contribution in [3.05, 3.63) is 90.0 Å². The largest absolute Gasteiger partial charge is 0.270 e. The zero-order valence-corrected chi connectivity index (χ0v) is 15.5. The van der Waals surface area contributed by atoms with Gasteiger partial charge in [-0.25, -0.2) is 4.39 Å². The van der Waals surface area contributed by atoms with Crippen molar-refractivity contribution in [2.24, 2.45) is 0 Å². The van der Waals surface area contributed by atoms with Crippen molar-refractivity contribution in [1.82, 2.24) is 19.7 Å². The first-order chi connectivity index (χ1) is 13.2. The molecular weight excluding hydrogens is 359 g/mol. The van der Waals surface area contributed by atoms with Crippen molar-refractivity contribution in [3.63, 3.8) is 0 Å². The number of benzene rings is 2. The standard InChI is InChI=1S/C21H17FN4S/c1-15-8-2-5-12-19(15)26-20(17-10-3-4-11-18(17)22)24-25-21(26)27-14-16-9-6-7-13-23-16/h2-13H,14H2,1H3. The number of thioether (sulfide) groups is 1. The van der Waals surface area contributed by atoms with Gasteiger partial charge in [0, 0.05) is 11.9 Å². The van der Waals surface area contributed by atoms with E-state index in [0.717, 1.165) is 16.9 Å². The van der Waals surface area contributed by atoms with Crippen LogP contribution in [0.15, 0.2) is 78.1 Å². The van der Waals surface area contributed by atoms with Gasteiger partial charge < -0.3 is 0 Å². The third kappa shape index (κ3) is 3.61. The maximum Gasteiger partial charge on any atom is 0.196 e. The molecule has 0 bridgehead atoms. The van der Waals surface area contributed by atoms with Crippen LogP contribution < -0.4 is 0 Å². The lowest BCUT2D eigenvalue weighted by atomic mass is 10.1. The Balaban J connectivity index is 1.80. The van der Waals surface area contributed by atoms with Crippen LogP contribution in [0.5, 0.6) is 0 Å². The Labute approximate surface area is 161 Å². The average Bonchev–Trinajstić information content (AvgIpc) is 3.11. The molecule has 0 aliphatic rings. The predicted molar refractivity (Wildman–Crippen MR) is 105 cm³/mol. The van der Waals surface area contributed by atoms with Gasteiger partial charge >= 0.3 is 0 Å². The number of hydrogen-bond donors (Lipinski definition) is 0. The third-order valence-electron chi connectivity index (χ3n) is 4.18.